The van der Waals surface area contributed by atoms with E-state index in [2.05, 4.69) is 10.3 Å². The van der Waals surface area contributed by atoms with Gasteiger partial charge in [-0.3, -0.25) is 24.3 Å². The number of aromatic nitrogens is 2. The molecule has 1 N–H and O–H groups in total. The molecule has 3 aromatic rings. The van der Waals surface area contributed by atoms with Crippen LogP contribution in [-0.4, -0.2) is 26.9 Å². The molecule has 27 heavy (non-hydrogen) atoms. The lowest BCUT2D eigenvalue weighted by Crippen LogP contribution is -2.30. The first kappa shape index (κ1) is 18.0. The first-order valence-corrected chi connectivity index (χ1v) is 8.19. The van der Waals surface area contributed by atoms with E-state index in [1.165, 1.54) is 41.2 Å². The van der Waals surface area contributed by atoms with Crippen molar-refractivity contribution in [3.05, 3.63) is 93.0 Å². The number of nitro benzene ring substituents is 1. The number of hydrogen-bond donors (Lipinski definition) is 1. The quantitative estimate of drug-likeness (QED) is 0.533. The largest absolute Gasteiger partial charge is 0.350 e. The molecule has 2 aromatic carbocycles. The molecule has 0 aliphatic rings. The number of non-ortho nitro benzene ring substituents is 1. The number of rotatable bonds is 6. The lowest BCUT2D eigenvalue weighted by molar-refractivity contribution is -0.384. The highest BCUT2D eigenvalue weighted by Gasteiger charge is 2.09. The molecule has 0 aliphatic carbocycles. The van der Waals surface area contributed by atoms with Crippen molar-refractivity contribution in [2.24, 2.45) is 0 Å². The number of carbonyl (C=O) groups is 1. The van der Waals surface area contributed by atoms with Gasteiger partial charge in [0.25, 0.3) is 17.2 Å². The van der Waals surface area contributed by atoms with Crippen molar-refractivity contribution in [3.63, 3.8) is 0 Å². The Balaban J connectivity index is 1.59. The highest BCUT2D eigenvalue weighted by molar-refractivity contribution is 5.94. The zero-order chi connectivity index (χ0) is 19.2. The molecule has 0 bridgehead atoms. The van der Waals surface area contributed by atoms with E-state index in [4.69, 9.17) is 0 Å². The lowest BCUT2D eigenvalue weighted by atomic mass is 10.1. The second-order valence-electron chi connectivity index (χ2n) is 5.73. The summed E-state index contributed by atoms with van der Waals surface area (Å²) in [5.41, 5.74) is 1.46. The fourth-order valence-corrected chi connectivity index (χ4v) is 2.49. The summed E-state index contributed by atoms with van der Waals surface area (Å²) < 4.78 is 1.41. The molecule has 8 heteroatoms. The molecule has 3 rings (SSSR count). The summed E-state index contributed by atoms with van der Waals surface area (Å²) in [6, 6.07) is 16.1. The van der Waals surface area contributed by atoms with Crippen molar-refractivity contribution in [3.8, 4) is 11.3 Å². The number of nitrogens with zero attached hydrogens (tertiary/aromatic N) is 3. The molecule has 0 radical (unpaired) electrons. The molecule has 1 amide bonds. The molecule has 1 heterocycles. The van der Waals surface area contributed by atoms with Crippen LogP contribution < -0.4 is 10.9 Å². The summed E-state index contributed by atoms with van der Waals surface area (Å²) in [7, 11) is 0. The summed E-state index contributed by atoms with van der Waals surface area (Å²) in [6.45, 7) is 0.488. The Labute approximate surface area is 154 Å². The van der Waals surface area contributed by atoms with Crippen molar-refractivity contribution >= 4 is 11.6 Å². The molecule has 0 unspecified atom stereocenters. The van der Waals surface area contributed by atoms with Crippen LogP contribution in [0.3, 0.4) is 0 Å². The number of carbonyl (C=O) groups excluding carboxylic acids is 1. The molecular formula is C19H16N4O4. The summed E-state index contributed by atoms with van der Waals surface area (Å²) in [5.74, 6) is -0.369. The molecular weight excluding hydrogens is 348 g/mol. The van der Waals surface area contributed by atoms with Crippen molar-refractivity contribution in [1.82, 2.24) is 14.9 Å². The van der Waals surface area contributed by atoms with Gasteiger partial charge in [-0.15, -0.1) is 0 Å². The maximum absolute atomic E-state index is 12.2. The van der Waals surface area contributed by atoms with Gasteiger partial charge in [0, 0.05) is 42.4 Å². The van der Waals surface area contributed by atoms with Crippen LogP contribution in [0.2, 0.25) is 0 Å². The highest BCUT2D eigenvalue weighted by Crippen LogP contribution is 2.13. The van der Waals surface area contributed by atoms with Gasteiger partial charge in [0.1, 0.15) is 0 Å². The van der Waals surface area contributed by atoms with Gasteiger partial charge < -0.3 is 5.32 Å². The predicted octanol–water partition coefficient (Wildman–Crippen LogP) is 2.25. The van der Waals surface area contributed by atoms with Crippen LogP contribution in [-0.2, 0) is 6.54 Å². The summed E-state index contributed by atoms with van der Waals surface area (Å²) in [4.78, 5) is 38.6. The van der Waals surface area contributed by atoms with Gasteiger partial charge in [-0.25, -0.2) is 4.98 Å². The van der Waals surface area contributed by atoms with Gasteiger partial charge in [-0.05, 0) is 12.1 Å². The van der Waals surface area contributed by atoms with E-state index >= 15 is 0 Å². The molecule has 0 spiro atoms. The standard InChI is InChI=1S/C19H16N4O4/c24-18-12-17(14-4-2-1-3-5-14)21-13-22(18)11-10-20-19(25)15-6-8-16(9-7-15)23(26)27/h1-9,12-13H,10-11H2,(H,20,25). The third kappa shape index (κ3) is 4.43. The van der Waals surface area contributed by atoms with Crippen molar-refractivity contribution in [1.29, 1.82) is 0 Å². The number of benzene rings is 2. The van der Waals surface area contributed by atoms with Crippen LogP contribution in [0.5, 0.6) is 0 Å². The van der Waals surface area contributed by atoms with Crippen molar-refractivity contribution < 1.29 is 9.72 Å². The van der Waals surface area contributed by atoms with Crippen LogP contribution in [0.15, 0.2) is 71.8 Å². The van der Waals surface area contributed by atoms with Crippen LogP contribution in [0.25, 0.3) is 11.3 Å². The van der Waals surface area contributed by atoms with E-state index in [0.29, 0.717) is 11.3 Å². The minimum absolute atomic E-state index is 0.0808. The molecule has 0 saturated carbocycles. The zero-order valence-corrected chi connectivity index (χ0v) is 14.2. The maximum atomic E-state index is 12.2. The number of amides is 1. The third-order valence-electron chi connectivity index (χ3n) is 3.93. The van der Waals surface area contributed by atoms with Gasteiger partial charge >= 0.3 is 0 Å². The van der Waals surface area contributed by atoms with E-state index in [9.17, 15) is 19.7 Å². The van der Waals surface area contributed by atoms with Crippen LogP contribution in [0, 0.1) is 10.1 Å². The van der Waals surface area contributed by atoms with Crippen LogP contribution in [0.4, 0.5) is 5.69 Å². The smallest absolute Gasteiger partial charge is 0.269 e. The highest BCUT2D eigenvalue weighted by atomic mass is 16.6. The second kappa shape index (κ2) is 8.05. The Kier molecular flexibility index (Phi) is 5.36. The first-order chi connectivity index (χ1) is 13.0. The van der Waals surface area contributed by atoms with Crippen LogP contribution >= 0.6 is 0 Å². The zero-order valence-electron chi connectivity index (χ0n) is 14.2. The molecule has 0 fully saturated rings. The number of hydrogen-bond acceptors (Lipinski definition) is 5. The molecule has 0 aliphatic heterocycles. The second-order valence-corrected chi connectivity index (χ2v) is 5.73. The molecule has 0 atom stereocenters. The molecule has 0 saturated heterocycles. The summed E-state index contributed by atoms with van der Waals surface area (Å²) in [6.07, 6.45) is 1.45. The average molecular weight is 364 g/mol. The van der Waals surface area contributed by atoms with Gasteiger partial charge in [0.05, 0.1) is 16.9 Å². The monoisotopic (exact) mass is 364 g/mol. The molecule has 136 valence electrons. The van der Waals surface area contributed by atoms with E-state index in [1.54, 1.807) is 0 Å². The fraction of sp³-hybridized carbons (Fsp3) is 0.105. The summed E-state index contributed by atoms with van der Waals surface area (Å²) in [5, 5.41) is 13.3. The SMILES string of the molecule is O=C(NCCn1cnc(-c2ccccc2)cc1=O)c1ccc([N+](=O)[O-])cc1. The van der Waals surface area contributed by atoms with Gasteiger partial charge in [-0.2, -0.15) is 0 Å². The maximum Gasteiger partial charge on any atom is 0.269 e. The predicted molar refractivity (Wildman–Crippen MR) is 99.4 cm³/mol. The third-order valence-corrected chi connectivity index (χ3v) is 3.93. The molecule has 1 aromatic heterocycles. The summed E-state index contributed by atoms with van der Waals surface area (Å²) >= 11 is 0. The van der Waals surface area contributed by atoms with Crippen LogP contribution in [0.1, 0.15) is 10.4 Å². The average Bonchev–Trinajstić information content (AvgIpc) is 2.69. The fourth-order valence-electron chi connectivity index (χ4n) is 2.49. The van der Waals surface area contributed by atoms with Crippen molar-refractivity contribution in [2.75, 3.05) is 6.54 Å². The van der Waals surface area contributed by atoms with Crippen molar-refractivity contribution in [2.45, 2.75) is 6.54 Å². The normalized spacial score (nSPS) is 10.4. The first-order valence-electron chi connectivity index (χ1n) is 8.19. The molecule has 8 nitrogen and oxygen atoms in total. The number of nitro groups is 1. The number of nitrogens with one attached hydrogen (secondary N) is 1. The van der Waals surface area contributed by atoms with E-state index < -0.39 is 4.92 Å². The Morgan fingerprint density at radius 2 is 1.81 bits per heavy atom. The lowest BCUT2D eigenvalue weighted by Gasteiger charge is -2.08. The van der Waals surface area contributed by atoms with Gasteiger partial charge in [0.15, 0.2) is 0 Å². The van der Waals surface area contributed by atoms with E-state index in [-0.39, 0.29) is 30.2 Å². The van der Waals surface area contributed by atoms with Gasteiger partial charge in [-0.1, -0.05) is 30.3 Å². The van der Waals surface area contributed by atoms with E-state index in [1.807, 2.05) is 30.3 Å². The topological polar surface area (TPSA) is 107 Å². The minimum Gasteiger partial charge on any atom is -0.350 e. The Bertz CT molecular complexity index is 1010. The Morgan fingerprint density at radius 3 is 2.44 bits per heavy atom. The van der Waals surface area contributed by atoms with E-state index in [0.717, 1.165) is 5.56 Å². The Morgan fingerprint density at radius 1 is 1.11 bits per heavy atom. The Hall–Kier alpha value is -3.81. The van der Waals surface area contributed by atoms with Gasteiger partial charge in [0.2, 0.25) is 0 Å². The minimum atomic E-state index is -0.528.